The SMILES string of the molecule is O=C(NC1CCN(C(=O)O)CC1c1ccc(C(F)(F)F)cc1)c1ccc(N2CCOCC2)cc1. The molecule has 182 valence electrons. The van der Waals surface area contributed by atoms with Gasteiger partial charge < -0.3 is 25.0 Å². The number of benzene rings is 2. The largest absolute Gasteiger partial charge is 0.465 e. The smallest absolute Gasteiger partial charge is 0.416 e. The Hall–Kier alpha value is -3.27. The third-order valence-corrected chi connectivity index (χ3v) is 6.37. The molecule has 2 aromatic rings. The summed E-state index contributed by atoms with van der Waals surface area (Å²) in [6, 6.07) is 11.5. The molecule has 0 aliphatic carbocycles. The number of hydrogen-bond acceptors (Lipinski definition) is 4. The van der Waals surface area contributed by atoms with E-state index in [0.29, 0.717) is 30.8 Å². The molecular weight excluding hydrogens is 451 g/mol. The third kappa shape index (κ3) is 5.44. The number of nitrogens with one attached hydrogen (secondary N) is 1. The Kier molecular flexibility index (Phi) is 6.97. The van der Waals surface area contributed by atoms with Crippen molar-refractivity contribution in [3.63, 3.8) is 0 Å². The average Bonchev–Trinajstić information content (AvgIpc) is 2.84. The van der Waals surface area contributed by atoms with Crippen LogP contribution in [0.1, 0.15) is 33.8 Å². The van der Waals surface area contributed by atoms with Crippen molar-refractivity contribution in [3.05, 3.63) is 65.2 Å². The highest BCUT2D eigenvalue weighted by Crippen LogP contribution is 2.33. The van der Waals surface area contributed by atoms with E-state index in [1.807, 2.05) is 12.1 Å². The number of carbonyl (C=O) groups is 2. The monoisotopic (exact) mass is 477 g/mol. The summed E-state index contributed by atoms with van der Waals surface area (Å²) in [4.78, 5) is 27.9. The Morgan fingerprint density at radius 2 is 1.62 bits per heavy atom. The van der Waals surface area contributed by atoms with Gasteiger partial charge in [0.05, 0.1) is 18.8 Å². The first kappa shape index (κ1) is 23.9. The molecule has 2 saturated heterocycles. The van der Waals surface area contributed by atoms with Crippen LogP contribution < -0.4 is 10.2 Å². The number of rotatable bonds is 4. The predicted molar refractivity (Wildman–Crippen MR) is 119 cm³/mol. The van der Waals surface area contributed by atoms with Gasteiger partial charge in [0.25, 0.3) is 5.91 Å². The number of carbonyl (C=O) groups excluding carboxylic acids is 1. The lowest BCUT2D eigenvalue weighted by Gasteiger charge is -2.38. The van der Waals surface area contributed by atoms with Crippen molar-refractivity contribution < 1.29 is 32.6 Å². The molecule has 2 N–H and O–H groups in total. The van der Waals surface area contributed by atoms with E-state index < -0.39 is 29.8 Å². The lowest BCUT2D eigenvalue weighted by atomic mass is 9.85. The number of amides is 2. The zero-order valence-electron chi connectivity index (χ0n) is 18.4. The fraction of sp³-hybridized carbons (Fsp3) is 0.417. The molecule has 34 heavy (non-hydrogen) atoms. The molecule has 10 heteroatoms. The average molecular weight is 477 g/mol. The molecule has 4 rings (SSSR count). The second kappa shape index (κ2) is 9.92. The van der Waals surface area contributed by atoms with Gasteiger partial charge in [-0.2, -0.15) is 13.2 Å². The van der Waals surface area contributed by atoms with E-state index in [4.69, 9.17) is 4.74 Å². The number of likely N-dealkylation sites (tertiary alicyclic amines) is 1. The molecule has 2 aromatic carbocycles. The van der Waals surface area contributed by atoms with Gasteiger partial charge in [-0.25, -0.2) is 4.79 Å². The number of ether oxygens (including phenoxy) is 1. The fourth-order valence-electron chi connectivity index (χ4n) is 4.45. The van der Waals surface area contributed by atoms with Crippen LogP contribution in [0.4, 0.5) is 23.7 Å². The Balaban J connectivity index is 1.49. The van der Waals surface area contributed by atoms with Crippen LogP contribution in [-0.4, -0.2) is 67.4 Å². The number of anilines is 1. The van der Waals surface area contributed by atoms with Gasteiger partial charge in [0.2, 0.25) is 0 Å². The van der Waals surface area contributed by atoms with E-state index in [9.17, 15) is 27.9 Å². The van der Waals surface area contributed by atoms with E-state index in [1.54, 1.807) is 12.1 Å². The van der Waals surface area contributed by atoms with Crippen molar-refractivity contribution in [2.45, 2.75) is 24.6 Å². The van der Waals surface area contributed by atoms with Crippen molar-refractivity contribution in [1.29, 1.82) is 0 Å². The van der Waals surface area contributed by atoms with E-state index in [-0.39, 0.29) is 19.0 Å². The number of nitrogens with zero attached hydrogens (tertiary/aromatic N) is 2. The highest BCUT2D eigenvalue weighted by atomic mass is 19.4. The Morgan fingerprint density at radius 3 is 2.21 bits per heavy atom. The summed E-state index contributed by atoms with van der Waals surface area (Å²) < 4.78 is 44.2. The Labute approximate surface area is 195 Å². The number of morpholine rings is 1. The van der Waals surface area contributed by atoms with Gasteiger partial charge in [-0.1, -0.05) is 12.1 Å². The molecule has 0 aromatic heterocycles. The minimum absolute atomic E-state index is 0.0849. The van der Waals surface area contributed by atoms with E-state index in [0.717, 1.165) is 30.9 Å². The maximum absolute atomic E-state index is 13.0. The number of hydrogen-bond donors (Lipinski definition) is 2. The Morgan fingerprint density at radius 1 is 0.971 bits per heavy atom. The Bertz CT molecular complexity index is 1010. The summed E-state index contributed by atoms with van der Waals surface area (Å²) in [7, 11) is 0. The van der Waals surface area contributed by atoms with Crippen LogP contribution in [0.5, 0.6) is 0 Å². The van der Waals surface area contributed by atoms with Crippen molar-refractivity contribution in [2.24, 2.45) is 0 Å². The summed E-state index contributed by atoms with van der Waals surface area (Å²) in [5.41, 5.74) is 1.23. The first-order chi connectivity index (χ1) is 16.2. The van der Waals surface area contributed by atoms with E-state index in [2.05, 4.69) is 10.2 Å². The molecule has 2 amide bonds. The van der Waals surface area contributed by atoms with Crippen LogP contribution in [0.3, 0.4) is 0 Å². The highest BCUT2D eigenvalue weighted by Gasteiger charge is 2.35. The van der Waals surface area contributed by atoms with Gasteiger partial charge in [-0.3, -0.25) is 4.79 Å². The standard InChI is InChI=1S/C24H26F3N3O4/c25-24(26,27)18-5-1-16(2-6-18)20-15-30(23(32)33)10-9-21(20)28-22(31)17-3-7-19(8-4-17)29-11-13-34-14-12-29/h1-8,20-21H,9-15H2,(H,28,31)(H,32,33). The van der Waals surface area contributed by atoms with Crippen LogP contribution in [0.2, 0.25) is 0 Å². The van der Waals surface area contributed by atoms with Crippen molar-refractivity contribution >= 4 is 17.7 Å². The molecule has 0 radical (unpaired) electrons. The summed E-state index contributed by atoms with van der Waals surface area (Å²) in [6.45, 7) is 3.19. The summed E-state index contributed by atoms with van der Waals surface area (Å²) in [6.07, 6.45) is -5.20. The zero-order chi connectivity index (χ0) is 24.3. The summed E-state index contributed by atoms with van der Waals surface area (Å²) >= 11 is 0. The number of alkyl halides is 3. The molecule has 7 nitrogen and oxygen atoms in total. The molecule has 0 saturated carbocycles. The van der Waals surface area contributed by atoms with Gasteiger partial charge in [-0.05, 0) is 48.4 Å². The molecule has 2 fully saturated rings. The second-order valence-corrected chi connectivity index (χ2v) is 8.47. The molecular formula is C24H26F3N3O4. The quantitative estimate of drug-likeness (QED) is 0.700. The van der Waals surface area contributed by atoms with Gasteiger partial charge in [0.15, 0.2) is 0 Å². The number of carboxylic acid groups (broad SMARTS) is 1. The summed E-state index contributed by atoms with van der Waals surface area (Å²) in [5.74, 6) is -0.775. The lowest BCUT2D eigenvalue weighted by Crippen LogP contribution is -2.51. The molecule has 2 aliphatic heterocycles. The minimum Gasteiger partial charge on any atom is -0.465 e. The molecule has 2 aliphatic rings. The molecule has 2 heterocycles. The van der Waals surface area contributed by atoms with Crippen LogP contribution >= 0.6 is 0 Å². The fourth-order valence-corrected chi connectivity index (χ4v) is 4.45. The topological polar surface area (TPSA) is 82.1 Å². The lowest BCUT2D eigenvalue weighted by molar-refractivity contribution is -0.137. The van der Waals surface area contributed by atoms with Crippen molar-refractivity contribution in [3.8, 4) is 0 Å². The van der Waals surface area contributed by atoms with Crippen LogP contribution in [0, 0.1) is 0 Å². The second-order valence-electron chi connectivity index (χ2n) is 8.47. The van der Waals surface area contributed by atoms with Crippen molar-refractivity contribution in [2.75, 3.05) is 44.3 Å². The van der Waals surface area contributed by atoms with Crippen LogP contribution in [0.25, 0.3) is 0 Å². The molecule has 0 spiro atoms. The molecule has 2 atom stereocenters. The first-order valence-corrected chi connectivity index (χ1v) is 11.1. The zero-order valence-corrected chi connectivity index (χ0v) is 18.4. The van der Waals surface area contributed by atoms with Gasteiger partial charge in [-0.15, -0.1) is 0 Å². The maximum Gasteiger partial charge on any atom is 0.416 e. The van der Waals surface area contributed by atoms with Gasteiger partial charge >= 0.3 is 12.3 Å². The van der Waals surface area contributed by atoms with Gasteiger partial charge in [0.1, 0.15) is 0 Å². The highest BCUT2D eigenvalue weighted by molar-refractivity contribution is 5.94. The molecule has 2 unspecified atom stereocenters. The van der Waals surface area contributed by atoms with E-state index in [1.165, 1.54) is 17.0 Å². The predicted octanol–water partition coefficient (Wildman–Crippen LogP) is 3.81. The van der Waals surface area contributed by atoms with E-state index >= 15 is 0 Å². The first-order valence-electron chi connectivity index (χ1n) is 11.1. The number of piperidine rings is 1. The van der Waals surface area contributed by atoms with Gasteiger partial charge in [0, 0.05) is 49.4 Å². The van der Waals surface area contributed by atoms with Crippen molar-refractivity contribution in [1.82, 2.24) is 10.2 Å². The normalized spacial score (nSPS) is 21.3. The van der Waals surface area contributed by atoms with Crippen LogP contribution in [0.15, 0.2) is 48.5 Å². The third-order valence-electron chi connectivity index (χ3n) is 6.37. The molecule has 0 bridgehead atoms. The number of halogens is 3. The minimum atomic E-state index is -4.46. The van der Waals surface area contributed by atoms with Crippen LogP contribution in [-0.2, 0) is 10.9 Å². The maximum atomic E-state index is 13.0. The summed E-state index contributed by atoms with van der Waals surface area (Å²) in [5, 5.41) is 12.4.